The molecule has 0 unspecified atom stereocenters. The number of rotatable bonds is 3. The molecule has 2 aliphatic rings. The number of carbonyl (C=O) groups excluding carboxylic acids is 1. The van der Waals surface area contributed by atoms with Crippen LogP contribution in [0.5, 0.6) is 0 Å². The van der Waals surface area contributed by atoms with Crippen LogP contribution >= 0.6 is 0 Å². The Labute approximate surface area is 148 Å². The van der Waals surface area contributed by atoms with Crippen molar-refractivity contribution < 1.29 is 14.3 Å². The van der Waals surface area contributed by atoms with E-state index in [4.69, 9.17) is 9.47 Å². The van der Waals surface area contributed by atoms with Crippen LogP contribution in [-0.4, -0.2) is 34.3 Å². The van der Waals surface area contributed by atoms with E-state index in [0.717, 1.165) is 30.2 Å². The Hall–Kier alpha value is -2.14. The van der Waals surface area contributed by atoms with Crippen molar-refractivity contribution in [2.75, 3.05) is 6.61 Å². The van der Waals surface area contributed by atoms with Crippen LogP contribution in [0.1, 0.15) is 42.0 Å². The Morgan fingerprint density at radius 3 is 2.88 bits per heavy atom. The molecule has 1 aliphatic heterocycles. The fourth-order valence-electron chi connectivity index (χ4n) is 4.50. The molecular weight excluding hydrogens is 316 g/mol. The minimum absolute atomic E-state index is 0.0783. The third-order valence-electron chi connectivity index (χ3n) is 5.76. The second-order valence-electron chi connectivity index (χ2n) is 7.70. The van der Waals surface area contributed by atoms with Crippen LogP contribution < -0.4 is 0 Å². The summed E-state index contributed by atoms with van der Waals surface area (Å²) in [6.07, 6.45) is 2.86. The number of carbonyl (C=O) groups is 1. The molecule has 0 radical (unpaired) electrons. The monoisotopic (exact) mass is 340 g/mol. The first kappa shape index (κ1) is 16.3. The molecule has 5 nitrogen and oxygen atoms in total. The number of nitrogens with zero attached hydrogens (tertiary/aromatic N) is 2. The number of aryl methyl sites for hydroxylation is 1. The molecule has 4 rings (SSSR count). The summed E-state index contributed by atoms with van der Waals surface area (Å²) in [5.41, 5.74) is 2.32. The van der Waals surface area contributed by atoms with E-state index in [1.54, 1.807) is 6.20 Å². The van der Waals surface area contributed by atoms with Crippen LogP contribution in [0.4, 0.5) is 0 Å². The predicted molar refractivity (Wildman–Crippen MR) is 93.9 cm³/mol. The van der Waals surface area contributed by atoms with Gasteiger partial charge in [0.15, 0.2) is 0 Å². The molecule has 2 aromatic heterocycles. The maximum Gasteiger partial charge on any atom is 0.340 e. The van der Waals surface area contributed by atoms with Crippen molar-refractivity contribution in [1.82, 2.24) is 9.55 Å². The van der Waals surface area contributed by atoms with Crippen molar-refractivity contribution in [2.24, 2.45) is 11.3 Å². The average Bonchev–Trinajstić information content (AvgIpc) is 3.16. The maximum absolute atomic E-state index is 12.8. The molecule has 1 saturated carbocycles. The molecular formula is C20H24N2O3. The Balaban J connectivity index is 1.60. The first-order valence-electron chi connectivity index (χ1n) is 8.84. The van der Waals surface area contributed by atoms with Crippen LogP contribution in [-0.2, 0) is 9.47 Å². The highest BCUT2D eigenvalue weighted by Crippen LogP contribution is 2.53. The molecule has 3 heterocycles. The minimum Gasteiger partial charge on any atom is -0.458 e. The molecule has 132 valence electrons. The van der Waals surface area contributed by atoms with E-state index in [1.807, 2.05) is 42.7 Å². The number of hydrogen-bond donors (Lipinski definition) is 0. The van der Waals surface area contributed by atoms with E-state index in [-0.39, 0.29) is 23.6 Å². The van der Waals surface area contributed by atoms with Gasteiger partial charge in [-0.05, 0) is 38.5 Å². The Kier molecular flexibility index (Phi) is 3.72. The van der Waals surface area contributed by atoms with Crippen molar-refractivity contribution in [3.05, 3.63) is 47.4 Å². The zero-order valence-corrected chi connectivity index (χ0v) is 15.2. The summed E-state index contributed by atoms with van der Waals surface area (Å²) in [6, 6.07) is 7.65. The molecule has 0 spiro atoms. The van der Waals surface area contributed by atoms with Gasteiger partial charge < -0.3 is 14.0 Å². The van der Waals surface area contributed by atoms with Gasteiger partial charge in [0.05, 0.1) is 11.7 Å². The van der Waals surface area contributed by atoms with Crippen LogP contribution in [0, 0.1) is 25.2 Å². The second-order valence-corrected chi connectivity index (χ2v) is 7.70. The lowest BCUT2D eigenvalue weighted by Crippen LogP contribution is -2.61. The van der Waals surface area contributed by atoms with Crippen LogP contribution in [0.2, 0.25) is 0 Å². The number of esters is 1. The molecule has 0 N–H and O–H groups in total. The van der Waals surface area contributed by atoms with Crippen molar-refractivity contribution in [2.45, 2.75) is 46.3 Å². The van der Waals surface area contributed by atoms with Gasteiger partial charge in [0.2, 0.25) is 0 Å². The lowest BCUT2D eigenvalue weighted by molar-refractivity contribution is -0.183. The summed E-state index contributed by atoms with van der Waals surface area (Å²) in [4.78, 5) is 17.2. The highest BCUT2D eigenvalue weighted by molar-refractivity contribution is 5.91. The van der Waals surface area contributed by atoms with Gasteiger partial charge in [0.25, 0.3) is 0 Å². The zero-order chi connectivity index (χ0) is 17.8. The van der Waals surface area contributed by atoms with Crippen molar-refractivity contribution in [3.63, 3.8) is 0 Å². The highest BCUT2D eigenvalue weighted by atomic mass is 16.6. The summed E-state index contributed by atoms with van der Waals surface area (Å²) >= 11 is 0. The number of ether oxygens (including phenoxy) is 2. The Bertz CT molecular complexity index is 810. The van der Waals surface area contributed by atoms with Crippen molar-refractivity contribution >= 4 is 5.97 Å². The van der Waals surface area contributed by atoms with E-state index >= 15 is 0 Å². The van der Waals surface area contributed by atoms with Crippen LogP contribution in [0.3, 0.4) is 0 Å². The molecule has 5 heteroatoms. The topological polar surface area (TPSA) is 53.4 Å². The Morgan fingerprint density at radius 1 is 1.36 bits per heavy atom. The van der Waals surface area contributed by atoms with Gasteiger partial charge in [-0.3, -0.25) is 0 Å². The largest absolute Gasteiger partial charge is 0.458 e. The maximum atomic E-state index is 12.8. The van der Waals surface area contributed by atoms with Gasteiger partial charge in [-0.25, -0.2) is 9.78 Å². The number of fused-ring (bicyclic) bond motifs is 1. The number of hydrogen-bond acceptors (Lipinski definition) is 4. The molecule has 2 aromatic rings. The quantitative estimate of drug-likeness (QED) is 0.803. The summed E-state index contributed by atoms with van der Waals surface area (Å²) in [5.74, 6) is 0.890. The van der Waals surface area contributed by atoms with E-state index in [1.165, 1.54) is 0 Å². The Morgan fingerprint density at radius 2 is 2.16 bits per heavy atom. The van der Waals surface area contributed by atoms with Crippen molar-refractivity contribution in [3.8, 4) is 5.82 Å². The first-order chi connectivity index (χ1) is 11.9. The zero-order valence-electron chi connectivity index (χ0n) is 15.2. The molecule has 2 fully saturated rings. The van der Waals surface area contributed by atoms with Gasteiger partial charge >= 0.3 is 5.97 Å². The van der Waals surface area contributed by atoms with Gasteiger partial charge in [-0.2, -0.15) is 0 Å². The molecule has 1 aliphatic carbocycles. The van der Waals surface area contributed by atoms with Gasteiger partial charge in [0, 0.05) is 35.5 Å². The molecule has 1 saturated heterocycles. The highest BCUT2D eigenvalue weighted by Gasteiger charge is 2.61. The SMILES string of the molecule is Cc1cc(C(=O)O[C@@H]2[C@@H]3CCO[C@@H]3C2(C)C)c(C)n1-c1ccccn1. The van der Waals surface area contributed by atoms with Crippen LogP contribution in [0.15, 0.2) is 30.5 Å². The third kappa shape index (κ3) is 2.41. The fraction of sp³-hybridized carbons (Fsp3) is 0.500. The summed E-state index contributed by atoms with van der Waals surface area (Å²) < 4.78 is 13.7. The molecule has 0 aromatic carbocycles. The van der Waals surface area contributed by atoms with E-state index < -0.39 is 0 Å². The predicted octanol–water partition coefficient (Wildman–Crippen LogP) is 3.46. The minimum atomic E-state index is -0.251. The third-order valence-corrected chi connectivity index (χ3v) is 5.76. The lowest BCUT2D eigenvalue weighted by Gasteiger charge is -2.53. The molecule has 0 amide bonds. The van der Waals surface area contributed by atoms with E-state index in [9.17, 15) is 4.79 Å². The summed E-state index contributed by atoms with van der Waals surface area (Å²) in [5, 5.41) is 0. The fourth-order valence-corrected chi connectivity index (χ4v) is 4.50. The smallest absolute Gasteiger partial charge is 0.340 e. The van der Waals surface area contributed by atoms with Gasteiger partial charge in [0.1, 0.15) is 11.9 Å². The first-order valence-corrected chi connectivity index (χ1v) is 8.84. The molecule has 25 heavy (non-hydrogen) atoms. The normalized spacial score (nSPS) is 26.8. The lowest BCUT2D eigenvalue weighted by atomic mass is 9.59. The van der Waals surface area contributed by atoms with Gasteiger partial charge in [-0.1, -0.05) is 19.9 Å². The summed E-state index contributed by atoms with van der Waals surface area (Å²) in [6.45, 7) is 8.92. The summed E-state index contributed by atoms with van der Waals surface area (Å²) in [7, 11) is 0. The van der Waals surface area contributed by atoms with Gasteiger partial charge in [-0.15, -0.1) is 0 Å². The number of aromatic nitrogens is 2. The number of pyridine rings is 1. The van der Waals surface area contributed by atoms with E-state index in [2.05, 4.69) is 18.8 Å². The average molecular weight is 340 g/mol. The molecule has 0 bridgehead atoms. The molecule has 3 atom stereocenters. The van der Waals surface area contributed by atoms with E-state index in [0.29, 0.717) is 11.5 Å². The van der Waals surface area contributed by atoms with Crippen LogP contribution in [0.25, 0.3) is 5.82 Å². The van der Waals surface area contributed by atoms with Crippen molar-refractivity contribution in [1.29, 1.82) is 0 Å². The standard InChI is InChI=1S/C20H24N2O3/c1-12-11-15(13(2)22(12)16-7-5-6-9-21-16)19(23)25-18-14-8-10-24-17(14)20(18,3)4/h5-7,9,11,14,17-18H,8,10H2,1-4H3/t14-,17+,18-/m1/s1. The second kappa shape index (κ2) is 5.70.